The lowest BCUT2D eigenvalue weighted by molar-refractivity contribution is -0.114. The molecule has 3 N–H and O–H groups in total. The number of nitrogens with one attached hydrogen (secondary N) is 1. The lowest BCUT2D eigenvalue weighted by Gasteiger charge is -2.22. The van der Waals surface area contributed by atoms with Gasteiger partial charge in [-0.3, -0.25) is 4.79 Å². The molecule has 0 saturated carbocycles. The fraction of sp³-hybridized carbons (Fsp3) is 0.600. The number of Topliss-reactive ketones (excluding diaryl/α,β-unsaturated/α-hetero) is 1. The van der Waals surface area contributed by atoms with Gasteiger partial charge in [-0.2, -0.15) is 0 Å². The molecule has 0 aromatic carbocycles. The van der Waals surface area contributed by atoms with E-state index in [9.17, 15) is 4.79 Å². The van der Waals surface area contributed by atoms with E-state index in [1.54, 1.807) is 6.08 Å². The van der Waals surface area contributed by atoms with Crippen molar-refractivity contribution in [1.29, 1.82) is 0 Å². The second-order valence-corrected chi connectivity index (χ2v) is 3.71. The van der Waals surface area contributed by atoms with E-state index in [0.717, 1.165) is 18.8 Å². The Morgan fingerprint density at radius 1 is 1.60 bits per heavy atom. The molecule has 0 spiro atoms. The maximum absolute atomic E-state index is 11.6. The number of hydrogen-bond donors (Lipinski definition) is 2. The van der Waals surface area contributed by atoms with Gasteiger partial charge in [-0.1, -0.05) is 6.92 Å². The average molecular weight is 210 g/mol. The highest BCUT2D eigenvalue weighted by Gasteiger charge is 2.24. The summed E-state index contributed by atoms with van der Waals surface area (Å²) < 4.78 is 0. The SMILES string of the molecule is CCCNC1C=C(N(C)C)N=C(N)C1=O. The molecular formula is C10H18N4O. The molecule has 0 bridgehead atoms. The smallest absolute Gasteiger partial charge is 0.218 e. The summed E-state index contributed by atoms with van der Waals surface area (Å²) in [5, 5.41) is 3.12. The molecule has 0 radical (unpaired) electrons. The van der Waals surface area contributed by atoms with E-state index in [0.29, 0.717) is 0 Å². The molecular weight excluding hydrogens is 192 g/mol. The molecule has 0 aromatic heterocycles. The summed E-state index contributed by atoms with van der Waals surface area (Å²) in [4.78, 5) is 17.5. The van der Waals surface area contributed by atoms with Gasteiger partial charge in [0.05, 0.1) is 6.04 Å². The minimum atomic E-state index is -0.333. The standard InChI is InChI=1S/C10H18N4O/c1-4-5-12-7-6-8(14(2)3)13-10(11)9(7)15/h6-7,12H,4-5H2,1-3H3,(H2,11,13). The Morgan fingerprint density at radius 2 is 2.27 bits per heavy atom. The summed E-state index contributed by atoms with van der Waals surface area (Å²) in [5.41, 5.74) is 5.56. The molecule has 5 nitrogen and oxygen atoms in total. The third-order valence-corrected chi connectivity index (χ3v) is 2.16. The molecule has 0 aromatic rings. The van der Waals surface area contributed by atoms with Gasteiger partial charge in [-0.25, -0.2) is 4.99 Å². The molecule has 0 saturated heterocycles. The zero-order valence-corrected chi connectivity index (χ0v) is 9.45. The van der Waals surface area contributed by atoms with Crippen LogP contribution in [-0.4, -0.2) is 43.2 Å². The van der Waals surface area contributed by atoms with Crippen molar-refractivity contribution in [2.45, 2.75) is 19.4 Å². The zero-order chi connectivity index (χ0) is 11.4. The van der Waals surface area contributed by atoms with Crippen LogP contribution in [0.5, 0.6) is 0 Å². The Balaban J connectivity index is 2.80. The minimum absolute atomic E-state index is 0.0785. The first kappa shape index (κ1) is 11.7. The Kier molecular flexibility index (Phi) is 3.85. The highest BCUT2D eigenvalue weighted by Crippen LogP contribution is 2.09. The number of nitrogens with zero attached hydrogens (tertiary/aromatic N) is 2. The monoisotopic (exact) mass is 210 g/mol. The molecule has 1 aliphatic rings. The van der Waals surface area contributed by atoms with Crippen LogP contribution < -0.4 is 11.1 Å². The van der Waals surface area contributed by atoms with Crippen molar-refractivity contribution >= 4 is 11.6 Å². The van der Waals surface area contributed by atoms with Crippen molar-refractivity contribution in [3.8, 4) is 0 Å². The van der Waals surface area contributed by atoms with Crippen LogP contribution >= 0.6 is 0 Å². The van der Waals surface area contributed by atoms with Gasteiger partial charge in [-0.05, 0) is 19.0 Å². The first-order valence-electron chi connectivity index (χ1n) is 5.07. The molecule has 0 fully saturated rings. The molecule has 0 aliphatic carbocycles. The van der Waals surface area contributed by atoms with Crippen molar-refractivity contribution in [3.05, 3.63) is 11.9 Å². The second-order valence-electron chi connectivity index (χ2n) is 3.71. The van der Waals surface area contributed by atoms with Crippen LogP contribution in [0.4, 0.5) is 0 Å². The molecule has 0 amide bonds. The summed E-state index contributed by atoms with van der Waals surface area (Å²) in [7, 11) is 3.74. The highest BCUT2D eigenvalue weighted by atomic mass is 16.1. The predicted octanol–water partition coefficient (Wildman–Crippen LogP) is -0.302. The fourth-order valence-electron chi connectivity index (χ4n) is 1.30. The average Bonchev–Trinajstić information content (AvgIpc) is 2.19. The third kappa shape index (κ3) is 2.79. The lowest BCUT2D eigenvalue weighted by Crippen LogP contribution is -2.45. The van der Waals surface area contributed by atoms with Crippen LogP contribution in [0.15, 0.2) is 16.9 Å². The van der Waals surface area contributed by atoms with Crippen molar-refractivity contribution in [1.82, 2.24) is 10.2 Å². The molecule has 15 heavy (non-hydrogen) atoms. The van der Waals surface area contributed by atoms with Crippen molar-refractivity contribution in [3.63, 3.8) is 0 Å². The van der Waals surface area contributed by atoms with Gasteiger partial charge in [0.2, 0.25) is 5.78 Å². The van der Waals surface area contributed by atoms with Gasteiger partial charge in [0.15, 0.2) is 5.84 Å². The van der Waals surface area contributed by atoms with Gasteiger partial charge in [0.25, 0.3) is 0 Å². The maximum atomic E-state index is 11.6. The van der Waals surface area contributed by atoms with Gasteiger partial charge in [-0.15, -0.1) is 0 Å². The normalized spacial score (nSPS) is 21.0. The summed E-state index contributed by atoms with van der Waals surface area (Å²) >= 11 is 0. The summed E-state index contributed by atoms with van der Waals surface area (Å²) in [6.45, 7) is 2.84. The number of aliphatic imine (C=N–C) groups is 1. The van der Waals surface area contributed by atoms with Crippen molar-refractivity contribution < 1.29 is 4.79 Å². The van der Waals surface area contributed by atoms with Gasteiger partial charge < -0.3 is 16.0 Å². The van der Waals surface area contributed by atoms with E-state index < -0.39 is 0 Å². The molecule has 5 heteroatoms. The van der Waals surface area contributed by atoms with Gasteiger partial charge >= 0.3 is 0 Å². The predicted molar refractivity (Wildman–Crippen MR) is 60.5 cm³/mol. The number of amidine groups is 1. The number of ketones is 1. The number of hydrogen-bond acceptors (Lipinski definition) is 5. The zero-order valence-electron chi connectivity index (χ0n) is 9.45. The number of rotatable bonds is 4. The summed E-state index contributed by atoms with van der Waals surface area (Å²) in [5.74, 6) is 0.657. The van der Waals surface area contributed by atoms with Gasteiger partial charge in [0.1, 0.15) is 5.82 Å². The molecule has 84 valence electrons. The molecule has 1 atom stereocenters. The number of nitrogens with two attached hydrogens (primary N) is 1. The molecule has 1 aliphatic heterocycles. The Labute approximate surface area is 90.0 Å². The van der Waals surface area contributed by atoms with E-state index in [2.05, 4.69) is 10.3 Å². The van der Waals surface area contributed by atoms with E-state index in [1.807, 2.05) is 25.9 Å². The lowest BCUT2D eigenvalue weighted by atomic mass is 10.1. The fourth-order valence-corrected chi connectivity index (χ4v) is 1.30. The first-order chi connectivity index (χ1) is 7.06. The Bertz CT molecular complexity index is 307. The molecule has 1 unspecified atom stereocenters. The Hall–Kier alpha value is -1.36. The van der Waals surface area contributed by atoms with Crippen LogP contribution in [-0.2, 0) is 4.79 Å². The third-order valence-electron chi connectivity index (χ3n) is 2.16. The van der Waals surface area contributed by atoms with E-state index in [-0.39, 0.29) is 17.7 Å². The quantitative estimate of drug-likeness (QED) is 0.668. The van der Waals surface area contributed by atoms with Crippen molar-refractivity contribution in [2.24, 2.45) is 10.7 Å². The van der Waals surface area contributed by atoms with Crippen LogP contribution in [0.2, 0.25) is 0 Å². The minimum Gasteiger partial charge on any atom is -0.381 e. The number of carbonyl (C=O) groups is 1. The highest BCUT2D eigenvalue weighted by molar-refractivity contribution is 6.41. The van der Waals surface area contributed by atoms with E-state index in [1.165, 1.54) is 0 Å². The summed E-state index contributed by atoms with van der Waals surface area (Å²) in [6.07, 6.45) is 2.78. The van der Waals surface area contributed by atoms with Crippen LogP contribution in [0.3, 0.4) is 0 Å². The molecule has 1 rings (SSSR count). The van der Waals surface area contributed by atoms with Crippen molar-refractivity contribution in [2.75, 3.05) is 20.6 Å². The van der Waals surface area contributed by atoms with Crippen LogP contribution in [0.25, 0.3) is 0 Å². The first-order valence-corrected chi connectivity index (χ1v) is 5.07. The van der Waals surface area contributed by atoms with Gasteiger partial charge in [0, 0.05) is 14.1 Å². The van der Waals surface area contributed by atoms with E-state index >= 15 is 0 Å². The van der Waals surface area contributed by atoms with Crippen LogP contribution in [0, 0.1) is 0 Å². The number of carbonyl (C=O) groups excluding carboxylic acids is 1. The maximum Gasteiger partial charge on any atom is 0.218 e. The topological polar surface area (TPSA) is 70.7 Å². The molecule has 1 heterocycles. The van der Waals surface area contributed by atoms with Crippen LogP contribution in [0.1, 0.15) is 13.3 Å². The summed E-state index contributed by atoms with van der Waals surface area (Å²) in [6, 6.07) is -0.333. The van der Waals surface area contributed by atoms with E-state index in [4.69, 9.17) is 5.73 Å². The largest absolute Gasteiger partial charge is 0.381 e. The Morgan fingerprint density at radius 3 is 2.80 bits per heavy atom. The second kappa shape index (κ2) is 4.93.